The van der Waals surface area contributed by atoms with E-state index in [0.29, 0.717) is 28.3 Å². The average Bonchev–Trinajstić information content (AvgIpc) is 3.52. The van der Waals surface area contributed by atoms with Gasteiger partial charge in [-0.3, -0.25) is 14.4 Å². The summed E-state index contributed by atoms with van der Waals surface area (Å²) >= 11 is 6.62. The monoisotopic (exact) mass is 590 g/mol. The molecule has 7 rings (SSSR count). The maximum absolute atomic E-state index is 14.9. The van der Waals surface area contributed by atoms with E-state index in [0.717, 1.165) is 11.1 Å². The van der Waals surface area contributed by atoms with E-state index in [1.807, 2.05) is 65.7 Å². The number of hydrogen-bond donors (Lipinski definition) is 1. The molecule has 7 nitrogen and oxygen atoms in total. The zero-order valence-corrected chi connectivity index (χ0v) is 24.2. The molecule has 1 N–H and O–H groups in total. The molecule has 3 aliphatic heterocycles. The van der Waals surface area contributed by atoms with Crippen LogP contribution in [0.4, 0.5) is 5.69 Å². The molecule has 0 saturated carbocycles. The number of anilines is 1. The Labute approximate surface area is 253 Å². The number of carbonyl (C=O) groups excluding carboxylic acids is 3. The van der Waals surface area contributed by atoms with Crippen LogP contribution in [0.25, 0.3) is 6.08 Å². The molecule has 214 valence electrons. The van der Waals surface area contributed by atoms with Crippen LogP contribution in [-0.2, 0) is 10.2 Å². The first kappa shape index (κ1) is 27.0. The highest BCUT2D eigenvalue weighted by Crippen LogP contribution is 2.62. The highest BCUT2D eigenvalue weighted by molar-refractivity contribution is 6.34. The lowest BCUT2D eigenvalue weighted by atomic mass is 9.62. The summed E-state index contributed by atoms with van der Waals surface area (Å²) < 4.78 is 10.9. The summed E-state index contributed by atoms with van der Waals surface area (Å²) in [6.45, 7) is 0. The van der Waals surface area contributed by atoms with E-state index in [1.54, 1.807) is 42.5 Å². The Morgan fingerprint density at radius 2 is 1.58 bits per heavy atom. The maximum Gasteiger partial charge on any atom is 0.238 e. The van der Waals surface area contributed by atoms with Gasteiger partial charge in [-0.15, -0.1) is 0 Å². The zero-order chi connectivity index (χ0) is 29.9. The summed E-state index contributed by atoms with van der Waals surface area (Å²) in [6, 6.07) is 25.2. The third kappa shape index (κ3) is 3.78. The molecule has 4 aromatic carbocycles. The van der Waals surface area contributed by atoms with Crippen molar-refractivity contribution in [3.05, 3.63) is 130 Å². The smallest absolute Gasteiger partial charge is 0.238 e. The number of halogens is 1. The van der Waals surface area contributed by atoms with Gasteiger partial charge in [0.1, 0.15) is 11.5 Å². The number of benzene rings is 4. The maximum atomic E-state index is 14.9. The Kier molecular flexibility index (Phi) is 6.36. The summed E-state index contributed by atoms with van der Waals surface area (Å²) in [7, 11) is 3.02. The van der Waals surface area contributed by atoms with Crippen LogP contribution in [-0.4, -0.2) is 42.6 Å². The van der Waals surface area contributed by atoms with Gasteiger partial charge in [0.05, 0.1) is 31.2 Å². The Balaban J connectivity index is 1.53. The van der Waals surface area contributed by atoms with Crippen molar-refractivity contribution >= 4 is 40.8 Å². The topological polar surface area (TPSA) is 84.9 Å². The number of nitrogens with zero attached hydrogens (tertiary/aromatic N) is 1. The van der Waals surface area contributed by atoms with Crippen LogP contribution in [0.3, 0.4) is 0 Å². The van der Waals surface area contributed by atoms with Gasteiger partial charge in [-0.25, -0.2) is 0 Å². The Morgan fingerprint density at radius 3 is 2.37 bits per heavy atom. The molecule has 43 heavy (non-hydrogen) atoms. The summed E-state index contributed by atoms with van der Waals surface area (Å²) in [5.41, 5.74) is 2.22. The second kappa shape index (κ2) is 10.1. The fourth-order valence-electron chi connectivity index (χ4n) is 7.16. The molecule has 8 heteroatoms. The third-order valence-electron chi connectivity index (χ3n) is 8.93. The van der Waals surface area contributed by atoms with Gasteiger partial charge in [-0.05, 0) is 59.2 Å². The molecule has 3 aliphatic rings. The highest BCUT2D eigenvalue weighted by Gasteiger charge is 2.70. The Morgan fingerprint density at radius 1 is 0.860 bits per heavy atom. The molecule has 0 aromatic heterocycles. The van der Waals surface area contributed by atoms with Crippen LogP contribution in [0, 0.1) is 5.92 Å². The quantitative estimate of drug-likeness (QED) is 0.264. The number of fused-ring (bicyclic) bond motifs is 6. The van der Waals surface area contributed by atoms with Crippen LogP contribution in [0.15, 0.2) is 97.2 Å². The number of hydrogen-bond acceptors (Lipinski definition) is 6. The number of Topliss-reactive ketones (excluding diaryl/α,β-unsaturated/α-hetero) is 2. The van der Waals surface area contributed by atoms with E-state index in [1.165, 1.54) is 14.2 Å². The standard InChI is InChI=1S/C35H27ClN2O5/c1-42-27-16-15-21(19-28(27)43-2)31(39)30-29(32(40)23-11-5-7-13-25(23)36)35(24-12-6-8-14-26(24)37-34(35)41)33-22-10-4-3-9-20(22)17-18-38(30)33/h3-19,29-30,33H,1-2H3,(H,37,41)/t29-,30+,33+,35-/m0/s1. The van der Waals surface area contributed by atoms with Crippen molar-refractivity contribution in [3.63, 3.8) is 0 Å². The van der Waals surface area contributed by atoms with Gasteiger partial charge < -0.3 is 19.7 Å². The van der Waals surface area contributed by atoms with Crippen molar-refractivity contribution < 1.29 is 23.9 Å². The van der Waals surface area contributed by atoms with Crippen molar-refractivity contribution in [3.8, 4) is 11.5 Å². The zero-order valence-electron chi connectivity index (χ0n) is 23.4. The summed E-state index contributed by atoms with van der Waals surface area (Å²) in [4.78, 5) is 46.1. The summed E-state index contributed by atoms with van der Waals surface area (Å²) in [5.74, 6) is -1.31. The van der Waals surface area contributed by atoms with Gasteiger partial charge in [-0.2, -0.15) is 0 Å². The molecule has 3 heterocycles. The van der Waals surface area contributed by atoms with Crippen molar-refractivity contribution in [1.82, 2.24) is 4.90 Å². The molecule has 0 aliphatic carbocycles. The van der Waals surface area contributed by atoms with Crippen molar-refractivity contribution in [2.75, 3.05) is 19.5 Å². The lowest BCUT2D eigenvalue weighted by Crippen LogP contribution is -2.49. The number of rotatable bonds is 6. The second-order valence-corrected chi connectivity index (χ2v) is 11.3. The van der Waals surface area contributed by atoms with E-state index in [-0.39, 0.29) is 28.1 Å². The van der Waals surface area contributed by atoms with Gasteiger partial charge in [0.15, 0.2) is 23.1 Å². The molecule has 1 amide bonds. The van der Waals surface area contributed by atoms with E-state index < -0.39 is 23.4 Å². The minimum Gasteiger partial charge on any atom is -0.493 e. The lowest BCUT2D eigenvalue weighted by Gasteiger charge is -2.38. The number of nitrogens with one attached hydrogen (secondary N) is 1. The van der Waals surface area contributed by atoms with Crippen LogP contribution in [0.2, 0.25) is 5.02 Å². The molecule has 1 saturated heterocycles. The molecular formula is C35H27ClN2O5. The average molecular weight is 591 g/mol. The Bertz CT molecular complexity index is 1850. The fourth-order valence-corrected chi connectivity index (χ4v) is 7.39. The number of methoxy groups -OCH3 is 2. The molecule has 1 fully saturated rings. The van der Waals surface area contributed by atoms with E-state index >= 15 is 0 Å². The second-order valence-electron chi connectivity index (χ2n) is 10.9. The van der Waals surface area contributed by atoms with Gasteiger partial charge in [-0.1, -0.05) is 66.2 Å². The molecule has 0 bridgehead atoms. The van der Waals surface area contributed by atoms with Crippen LogP contribution in [0.1, 0.15) is 43.4 Å². The predicted octanol–water partition coefficient (Wildman–Crippen LogP) is 6.34. The third-order valence-corrected chi connectivity index (χ3v) is 9.26. The van der Waals surface area contributed by atoms with Crippen molar-refractivity contribution in [2.45, 2.75) is 17.5 Å². The minimum absolute atomic E-state index is 0.257. The highest BCUT2D eigenvalue weighted by atomic mass is 35.5. The fraction of sp³-hybridized carbons (Fsp3) is 0.171. The molecule has 0 unspecified atom stereocenters. The SMILES string of the molecule is COc1ccc(C(=O)[C@H]2[C@@H](C(=O)c3ccccc3Cl)[C@]3(C(=O)Nc4ccccc43)[C@H]3c4ccccc4C=CN23)cc1OC. The van der Waals surface area contributed by atoms with Gasteiger partial charge in [0, 0.05) is 23.0 Å². The lowest BCUT2D eigenvalue weighted by molar-refractivity contribution is -0.122. The van der Waals surface area contributed by atoms with E-state index in [2.05, 4.69) is 5.32 Å². The van der Waals surface area contributed by atoms with Gasteiger partial charge in [0.2, 0.25) is 5.91 Å². The number of ether oxygens (including phenoxy) is 2. The predicted molar refractivity (Wildman–Crippen MR) is 164 cm³/mol. The molecule has 4 atom stereocenters. The van der Waals surface area contributed by atoms with Crippen LogP contribution in [0.5, 0.6) is 11.5 Å². The largest absolute Gasteiger partial charge is 0.493 e. The number of ketones is 2. The van der Waals surface area contributed by atoms with E-state index in [4.69, 9.17) is 21.1 Å². The van der Waals surface area contributed by atoms with Crippen LogP contribution >= 0.6 is 11.6 Å². The summed E-state index contributed by atoms with van der Waals surface area (Å²) in [5, 5.41) is 3.31. The molecule has 1 spiro atoms. The van der Waals surface area contributed by atoms with Crippen LogP contribution < -0.4 is 14.8 Å². The van der Waals surface area contributed by atoms with E-state index in [9.17, 15) is 14.4 Å². The molecular weight excluding hydrogens is 564 g/mol. The first-order valence-electron chi connectivity index (χ1n) is 13.9. The van der Waals surface area contributed by atoms with Crippen molar-refractivity contribution in [1.29, 1.82) is 0 Å². The summed E-state index contributed by atoms with van der Waals surface area (Å²) in [6.07, 6.45) is 3.77. The first-order chi connectivity index (χ1) is 20.9. The van der Waals surface area contributed by atoms with Gasteiger partial charge >= 0.3 is 0 Å². The first-order valence-corrected chi connectivity index (χ1v) is 14.3. The number of amides is 1. The minimum atomic E-state index is -1.44. The molecule has 0 radical (unpaired) electrons. The van der Waals surface area contributed by atoms with Gasteiger partial charge in [0.25, 0.3) is 0 Å². The van der Waals surface area contributed by atoms with Crippen molar-refractivity contribution in [2.24, 2.45) is 5.92 Å². The normalized spacial score (nSPS) is 22.9. The number of carbonyl (C=O) groups is 3. The number of para-hydroxylation sites is 1. The Hall–Kier alpha value is -4.88. The molecule has 4 aromatic rings.